The molecular formula is C17H18N4O. The van der Waals surface area contributed by atoms with Crippen molar-refractivity contribution in [1.29, 1.82) is 0 Å². The van der Waals surface area contributed by atoms with Gasteiger partial charge in [-0.05, 0) is 38.0 Å². The van der Waals surface area contributed by atoms with Gasteiger partial charge in [0.25, 0.3) is 0 Å². The zero-order valence-electron chi connectivity index (χ0n) is 12.7. The van der Waals surface area contributed by atoms with E-state index in [1.807, 2.05) is 19.1 Å². The molecule has 2 aromatic heterocycles. The number of hydrogen-bond donors (Lipinski definition) is 1. The highest BCUT2D eigenvalue weighted by Gasteiger charge is 2.05. The second-order valence-electron chi connectivity index (χ2n) is 5.41. The van der Waals surface area contributed by atoms with Crippen LogP contribution in [0.1, 0.15) is 23.4 Å². The average molecular weight is 294 g/mol. The summed E-state index contributed by atoms with van der Waals surface area (Å²) in [6.07, 6.45) is 2.97. The maximum Gasteiger partial charge on any atom is 0.224 e. The molecule has 0 aliphatic rings. The van der Waals surface area contributed by atoms with Gasteiger partial charge in [-0.3, -0.25) is 4.79 Å². The number of pyridine rings is 1. The van der Waals surface area contributed by atoms with Gasteiger partial charge in [0, 0.05) is 6.42 Å². The number of rotatable bonds is 4. The molecule has 2 heterocycles. The Kier molecular flexibility index (Phi) is 3.87. The molecule has 5 nitrogen and oxygen atoms in total. The summed E-state index contributed by atoms with van der Waals surface area (Å²) in [6.45, 7) is 3.89. The number of anilines is 1. The zero-order chi connectivity index (χ0) is 15.5. The van der Waals surface area contributed by atoms with Crippen molar-refractivity contribution in [2.24, 2.45) is 0 Å². The first-order valence-electron chi connectivity index (χ1n) is 7.28. The minimum absolute atomic E-state index is 0.00300. The van der Waals surface area contributed by atoms with Crippen LogP contribution in [0, 0.1) is 13.8 Å². The van der Waals surface area contributed by atoms with Gasteiger partial charge in [0.2, 0.25) is 5.91 Å². The number of nitrogens with zero attached hydrogens (tertiary/aromatic N) is 3. The summed E-state index contributed by atoms with van der Waals surface area (Å²) in [5.74, 6) is 0.708. The molecule has 1 aromatic carbocycles. The van der Waals surface area contributed by atoms with Crippen LogP contribution in [0.4, 0.5) is 5.69 Å². The summed E-state index contributed by atoms with van der Waals surface area (Å²) in [5, 5.41) is 7.13. The van der Waals surface area contributed by atoms with Crippen LogP contribution in [0.15, 0.2) is 42.6 Å². The quantitative estimate of drug-likeness (QED) is 0.805. The Morgan fingerprint density at radius 1 is 1.14 bits per heavy atom. The minimum Gasteiger partial charge on any atom is -0.325 e. The van der Waals surface area contributed by atoms with E-state index in [-0.39, 0.29) is 5.91 Å². The van der Waals surface area contributed by atoms with Gasteiger partial charge in [-0.2, -0.15) is 5.10 Å². The highest BCUT2D eigenvalue weighted by atomic mass is 16.1. The van der Waals surface area contributed by atoms with E-state index < -0.39 is 0 Å². The molecule has 0 atom stereocenters. The monoisotopic (exact) mass is 294 g/mol. The first kappa shape index (κ1) is 14.3. The first-order valence-corrected chi connectivity index (χ1v) is 7.28. The standard InChI is InChI=1S/C17H18N4O/c1-12-3-5-14(6-4-12)7-10-17(22)19-15-8-9-16-18-13(2)20-21(16)11-15/h3-6,8-9,11H,7,10H2,1-2H3,(H,19,22). The summed E-state index contributed by atoms with van der Waals surface area (Å²) >= 11 is 0. The Hall–Kier alpha value is -2.69. The van der Waals surface area contributed by atoms with Crippen LogP contribution < -0.4 is 5.32 Å². The average Bonchev–Trinajstić information content (AvgIpc) is 2.86. The Balaban J connectivity index is 1.61. The lowest BCUT2D eigenvalue weighted by Gasteiger charge is -2.06. The molecule has 3 aromatic rings. The van der Waals surface area contributed by atoms with Crippen LogP contribution >= 0.6 is 0 Å². The maximum atomic E-state index is 12.0. The van der Waals surface area contributed by atoms with E-state index in [1.54, 1.807) is 10.7 Å². The lowest BCUT2D eigenvalue weighted by molar-refractivity contribution is -0.116. The Morgan fingerprint density at radius 2 is 1.91 bits per heavy atom. The highest BCUT2D eigenvalue weighted by Crippen LogP contribution is 2.11. The predicted molar refractivity (Wildman–Crippen MR) is 85.9 cm³/mol. The molecule has 1 amide bonds. The Morgan fingerprint density at radius 3 is 2.68 bits per heavy atom. The van der Waals surface area contributed by atoms with Crippen LogP contribution in [-0.4, -0.2) is 20.5 Å². The van der Waals surface area contributed by atoms with Crippen molar-refractivity contribution in [3.63, 3.8) is 0 Å². The lowest BCUT2D eigenvalue weighted by atomic mass is 10.1. The van der Waals surface area contributed by atoms with Crippen LogP contribution in [0.3, 0.4) is 0 Å². The van der Waals surface area contributed by atoms with Crippen molar-refractivity contribution in [1.82, 2.24) is 14.6 Å². The molecular weight excluding hydrogens is 276 g/mol. The van der Waals surface area contributed by atoms with E-state index >= 15 is 0 Å². The molecule has 0 unspecified atom stereocenters. The first-order chi connectivity index (χ1) is 10.6. The van der Waals surface area contributed by atoms with Gasteiger partial charge >= 0.3 is 0 Å². The fraction of sp³-hybridized carbons (Fsp3) is 0.235. The van der Waals surface area contributed by atoms with Crippen molar-refractivity contribution >= 4 is 17.2 Å². The van der Waals surface area contributed by atoms with Gasteiger partial charge in [0.05, 0.1) is 11.9 Å². The topological polar surface area (TPSA) is 59.3 Å². The molecule has 0 bridgehead atoms. The molecule has 22 heavy (non-hydrogen) atoms. The molecule has 0 fully saturated rings. The molecule has 0 saturated heterocycles. The maximum absolute atomic E-state index is 12.0. The number of benzene rings is 1. The van der Waals surface area contributed by atoms with E-state index in [2.05, 4.69) is 46.6 Å². The molecule has 0 aliphatic carbocycles. The zero-order valence-corrected chi connectivity index (χ0v) is 12.7. The Labute approximate surface area is 129 Å². The number of carbonyl (C=O) groups is 1. The van der Waals surface area contributed by atoms with E-state index in [4.69, 9.17) is 0 Å². The number of hydrogen-bond acceptors (Lipinski definition) is 3. The van der Waals surface area contributed by atoms with Gasteiger partial charge in [-0.1, -0.05) is 29.8 Å². The number of fused-ring (bicyclic) bond motifs is 1. The van der Waals surface area contributed by atoms with Crippen LogP contribution in [0.2, 0.25) is 0 Å². The van der Waals surface area contributed by atoms with E-state index in [0.717, 1.165) is 17.8 Å². The third-order valence-corrected chi connectivity index (χ3v) is 3.48. The summed E-state index contributed by atoms with van der Waals surface area (Å²) in [5.41, 5.74) is 3.90. The van der Waals surface area contributed by atoms with Crippen LogP contribution in [-0.2, 0) is 11.2 Å². The second-order valence-corrected chi connectivity index (χ2v) is 5.41. The molecule has 0 aliphatic heterocycles. The second kappa shape index (κ2) is 5.97. The molecule has 5 heteroatoms. The molecule has 1 N–H and O–H groups in total. The smallest absolute Gasteiger partial charge is 0.224 e. The third kappa shape index (κ3) is 3.31. The van der Waals surface area contributed by atoms with Crippen molar-refractivity contribution in [2.45, 2.75) is 26.7 Å². The summed E-state index contributed by atoms with van der Waals surface area (Å²) < 4.78 is 1.67. The molecule has 112 valence electrons. The SMILES string of the molecule is Cc1ccc(CCC(=O)Nc2ccc3nc(C)nn3c2)cc1. The summed E-state index contributed by atoms with van der Waals surface area (Å²) in [4.78, 5) is 16.3. The number of amides is 1. The van der Waals surface area contributed by atoms with Crippen LogP contribution in [0.25, 0.3) is 5.65 Å². The van der Waals surface area contributed by atoms with Gasteiger partial charge in [0.1, 0.15) is 5.82 Å². The number of carbonyl (C=O) groups excluding carboxylic acids is 1. The van der Waals surface area contributed by atoms with Crippen molar-refractivity contribution in [2.75, 3.05) is 5.32 Å². The van der Waals surface area contributed by atoms with Gasteiger partial charge in [-0.15, -0.1) is 0 Å². The predicted octanol–water partition coefficient (Wildman–Crippen LogP) is 2.92. The lowest BCUT2D eigenvalue weighted by Crippen LogP contribution is -2.12. The van der Waals surface area contributed by atoms with E-state index in [1.165, 1.54) is 11.1 Å². The van der Waals surface area contributed by atoms with Crippen molar-refractivity contribution < 1.29 is 4.79 Å². The fourth-order valence-corrected chi connectivity index (χ4v) is 2.30. The number of nitrogens with one attached hydrogen (secondary N) is 1. The van der Waals surface area contributed by atoms with Gasteiger partial charge in [-0.25, -0.2) is 9.50 Å². The van der Waals surface area contributed by atoms with Crippen molar-refractivity contribution in [3.8, 4) is 0 Å². The molecule has 3 rings (SSSR count). The molecule has 0 spiro atoms. The van der Waals surface area contributed by atoms with E-state index in [0.29, 0.717) is 12.2 Å². The fourth-order valence-electron chi connectivity index (χ4n) is 2.30. The number of aryl methyl sites for hydroxylation is 3. The summed E-state index contributed by atoms with van der Waals surface area (Å²) in [7, 11) is 0. The Bertz CT molecular complexity index is 805. The number of aromatic nitrogens is 3. The minimum atomic E-state index is -0.00300. The van der Waals surface area contributed by atoms with Crippen molar-refractivity contribution in [3.05, 3.63) is 59.5 Å². The van der Waals surface area contributed by atoms with E-state index in [9.17, 15) is 4.79 Å². The largest absolute Gasteiger partial charge is 0.325 e. The van der Waals surface area contributed by atoms with Crippen LogP contribution in [0.5, 0.6) is 0 Å². The normalized spacial score (nSPS) is 10.8. The van der Waals surface area contributed by atoms with Gasteiger partial charge in [0.15, 0.2) is 5.65 Å². The van der Waals surface area contributed by atoms with Gasteiger partial charge < -0.3 is 5.32 Å². The molecule has 0 radical (unpaired) electrons. The third-order valence-electron chi connectivity index (χ3n) is 3.48. The molecule has 0 saturated carbocycles. The summed E-state index contributed by atoms with van der Waals surface area (Å²) in [6, 6.07) is 11.9. The highest BCUT2D eigenvalue weighted by molar-refractivity contribution is 5.90.